The Morgan fingerprint density at radius 1 is 0.545 bits per heavy atom. The fourth-order valence-electron chi connectivity index (χ4n) is 2.31. The third-order valence-electron chi connectivity index (χ3n) is 3.38. The van der Waals surface area contributed by atoms with E-state index in [4.69, 9.17) is 0 Å². The molecule has 0 atom stereocenters. The van der Waals surface area contributed by atoms with Crippen LogP contribution in [0, 0.1) is 0 Å². The Bertz CT molecular complexity index is 978. The number of aromatic nitrogens is 2. The van der Waals surface area contributed by atoms with Gasteiger partial charge in [0.2, 0.25) is 0 Å². The van der Waals surface area contributed by atoms with Gasteiger partial charge in [-0.25, -0.2) is 9.97 Å². The third-order valence-corrected chi connectivity index (χ3v) is 3.38. The number of hydrogen-bond donors (Lipinski definition) is 0. The molecule has 0 amide bonds. The summed E-state index contributed by atoms with van der Waals surface area (Å²) >= 11 is 0. The van der Waals surface area contributed by atoms with Crippen LogP contribution in [-0.2, 0) is 0 Å². The average Bonchev–Trinajstić information content (AvgIpc) is 2.59. The summed E-state index contributed by atoms with van der Waals surface area (Å²) in [4.78, 5) is 9.30. The maximum atomic E-state index is 4.67. The minimum atomic E-state index is 0.722. The lowest BCUT2D eigenvalue weighted by Crippen LogP contribution is -1.87. The van der Waals surface area contributed by atoms with E-state index in [0.29, 0.717) is 0 Å². The summed E-state index contributed by atoms with van der Waals surface area (Å²) in [6.45, 7) is 0. The molecule has 0 aliphatic rings. The van der Waals surface area contributed by atoms with Gasteiger partial charge in [0, 0.05) is 0 Å². The molecule has 3 aromatic carbocycles. The van der Waals surface area contributed by atoms with Gasteiger partial charge in [0.05, 0.1) is 22.2 Å². The van der Waals surface area contributed by atoms with Crippen molar-refractivity contribution < 1.29 is 0 Å². The Hall–Kier alpha value is -3.14. The van der Waals surface area contributed by atoms with E-state index in [1.54, 1.807) is 0 Å². The fraction of sp³-hybridized carbons (Fsp3) is 0. The molecule has 0 saturated carbocycles. The van der Waals surface area contributed by atoms with Gasteiger partial charge >= 0.3 is 0 Å². The highest BCUT2D eigenvalue weighted by atomic mass is 15.1. The normalized spacial score (nSPS) is 11.5. The molecule has 0 radical (unpaired) electrons. The summed E-state index contributed by atoms with van der Waals surface area (Å²) in [5, 5.41) is 8.60. The Labute approximate surface area is 127 Å². The molecule has 0 N–H and O–H groups in total. The number of azo groups is 1. The number of benzene rings is 3. The van der Waals surface area contributed by atoms with Gasteiger partial charge in [-0.3, -0.25) is 0 Å². The van der Waals surface area contributed by atoms with Gasteiger partial charge in [-0.2, -0.15) is 5.11 Å². The topological polar surface area (TPSA) is 50.5 Å². The van der Waals surface area contributed by atoms with Gasteiger partial charge in [0.1, 0.15) is 11.2 Å². The first-order chi connectivity index (χ1) is 10.9. The first kappa shape index (κ1) is 12.6. The number of rotatable bonds is 2. The Kier molecular flexibility index (Phi) is 3.05. The van der Waals surface area contributed by atoms with Crippen molar-refractivity contribution in [1.29, 1.82) is 0 Å². The second-order valence-electron chi connectivity index (χ2n) is 4.89. The molecule has 0 unspecified atom stereocenters. The summed E-state index contributed by atoms with van der Waals surface area (Å²) in [6.07, 6.45) is 0. The van der Waals surface area contributed by atoms with Crippen LogP contribution in [0.1, 0.15) is 0 Å². The van der Waals surface area contributed by atoms with Crippen LogP contribution in [0.25, 0.3) is 22.1 Å². The van der Waals surface area contributed by atoms with E-state index in [2.05, 4.69) is 20.2 Å². The molecule has 0 aliphatic carbocycles. The lowest BCUT2D eigenvalue weighted by atomic mass is 10.2. The van der Waals surface area contributed by atoms with Crippen molar-refractivity contribution in [2.75, 3.05) is 0 Å². The lowest BCUT2D eigenvalue weighted by molar-refractivity contribution is 1.23. The van der Waals surface area contributed by atoms with Crippen molar-refractivity contribution in [3.05, 3.63) is 72.8 Å². The van der Waals surface area contributed by atoms with Crippen LogP contribution in [0.2, 0.25) is 0 Å². The summed E-state index contributed by atoms with van der Waals surface area (Å²) < 4.78 is 0. The zero-order chi connectivity index (χ0) is 14.8. The molecule has 0 bridgehead atoms. The second kappa shape index (κ2) is 5.33. The average molecular weight is 284 g/mol. The standard InChI is InChI=1S/C18H12N4/c1-2-7-13(8-3-1)21-22-17-12-6-11-16-18(17)20-15-10-5-4-9-14(15)19-16/h1-12H/b22-21+. The molecule has 4 nitrogen and oxygen atoms in total. The highest BCUT2D eigenvalue weighted by Crippen LogP contribution is 2.26. The number of hydrogen-bond acceptors (Lipinski definition) is 4. The van der Waals surface area contributed by atoms with Crippen molar-refractivity contribution in [1.82, 2.24) is 9.97 Å². The number of para-hydroxylation sites is 3. The SMILES string of the molecule is c1ccc(/N=N/c2cccc3nc4ccccc4nc23)cc1. The van der Waals surface area contributed by atoms with Crippen LogP contribution in [0.3, 0.4) is 0 Å². The molecular weight excluding hydrogens is 272 g/mol. The van der Waals surface area contributed by atoms with Crippen LogP contribution in [0.15, 0.2) is 83.0 Å². The molecule has 0 aliphatic heterocycles. The quantitative estimate of drug-likeness (QED) is 0.375. The van der Waals surface area contributed by atoms with Gasteiger partial charge in [-0.1, -0.05) is 36.4 Å². The van der Waals surface area contributed by atoms with E-state index in [1.807, 2.05) is 72.8 Å². The minimum Gasteiger partial charge on any atom is -0.244 e. The second-order valence-corrected chi connectivity index (χ2v) is 4.89. The predicted octanol–water partition coefficient (Wildman–Crippen LogP) is 5.20. The van der Waals surface area contributed by atoms with Gasteiger partial charge in [-0.05, 0) is 36.4 Å². The largest absolute Gasteiger partial charge is 0.244 e. The monoisotopic (exact) mass is 284 g/mol. The minimum absolute atomic E-state index is 0.722. The van der Waals surface area contributed by atoms with E-state index >= 15 is 0 Å². The number of fused-ring (bicyclic) bond motifs is 2. The molecule has 0 fully saturated rings. The van der Waals surface area contributed by atoms with E-state index in [9.17, 15) is 0 Å². The van der Waals surface area contributed by atoms with Crippen molar-refractivity contribution >= 4 is 33.4 Å². The lowest BCUT2D eigenvalue weighted by Gasteiger charge is -2.02. The maximum Gasteiger partial charge on any atom is 0.117 e. The van der Waals surface area contributed by atoms with E-state index in [-0.39, 0.29) is 0 Å². The third kappa shape index (κ3) is 2.31. The van der Waals surface area contributed by atoms with Crippen molar-refractivity contribution in [2.45, 2.75) is 0 Å². The molecule has 22 heavy (non-hydrogen) atoms. The van der Waals surface area contributed by atoms with Crippen LogP contribution in [0.4, 0.5) is 11.4 Å². The molecule has 4 rings (SSSR count). The molecule has 1 aromatic heterocycles. The van der Waals surface area contributed by atoms with Crippen LogP contribution in [0.5, 0.6) is 0 Å². The van der Waals surface area contributed by atoms with Crippen molar-refractivity contribution in [3.63, 3.8) is 0 Å². The van der Waals surface area contributed by atoms with E-state index < -0.39 is 0 Å². The van der Waals surface area contributed by atoms with Crippen LogP contribution in [-0.4, -0.2) is 9.97 Å². The van der Waals surface area contributed by atoms with Gasteiger partial charge in [-0.15, -0.1) is 5.11 Å². The zero-order valence-electron chi connectivity index (χ0n) is 11.7. The molecule has 0 spiro atoms. The molecule has 104 valence electrons. The van der Waals surface area contributed by atoms with Crippen molar-refractivity contribution in [3.8, 4) is 0 Å². The molecular formula is C18H12N4. The van der Waals surface area contributed by atoms with Gasteiger partial charge in [0.25, 0.3) is 0 Å². The summed E-state index contributed by atoms with van der Waals surface area (Å²) in [6, 6.07) is 23.2. The molecule has 0 saturated heterocycles. The first-order valence-corrected chi connectivity index (χ1v) is 7.02. The van der Waals surface area contributed by atoms with Gasteiger partial charge < -0.3 is 0 Å². The smallest absolute Gasteiger partial charge is 0.117 e. The van der Waals surface area contributed by atoms with E-state index in [0.717, 1.165) is 33.4 Å². The number of nitrogens with zero attached hydrogens (tertiary/aromatic N) is 4. The molecule has 1 heterocycles. The summed E-state index contributed by atoms with van der Waals surface area (Å²) in [5.41, 5.74) is 4.86. The summed E-state index contributed by atoms with van der Waals surface area (Å²) in [5.74, 6) is 0. The van der Waals surface area contributed by atoms with Crippen LogP contribution >= 0.6 is 0 Å². The Morgan fingerprint density at radius 2 is 1.23 bits per heavy atom. The molecule has 4 aromatic rings. The zero-order valence-corrected chi connectivity index (χ0v) is 11.7. The van der Waals surface area contributed by atoms with E-state index in [1.165, 1.54) is 0 Å². The highest BCUT2D eigenvalue weighted by Gasteiger charge is 2.05. The summed E-state index contributed by atoms with van der Waals surface area (Å²) in [7, 11) is 0. The maximum absolute atomic E-state index is 4.67. The fourth-order valence-corrected chi connectivity index (χ4v) is 2.31. The van der Waals surface area contributed by atoms with Crippen molar-refractivity contribution in [2.24, 2.45) is 10.2 Å². The highest BCUT2D eigenvalue weighted by molar-refractivity contribution is 5.92. The molecule has 4 heteroatoms. The first-order valence-electron chi connectivity index (χ1n) is 7.02. The Morgan fingerprint density at radius 3 is 2.05 bits per heavy atom. The van der Waals surface area contributed by atoms with Crippen LogP contribution < -0.4 is 0 Å². The predicted molar refractivity (Wildman–Crippen MR) is 87.7 cm³/mol. The van der Waals surface area contributed by atoms with Gasteiger partial charge in [0.15, 0.2) is 0 Å². The Balaban J connectivity index is 1.87.